The molecule has 1 atom stereocenters. The Morgan fingerprint density at radius 1 is 1.26 bits per heavy atom. The first kappa shape index (κ1) is 13.8. The van der Waals surface area contributed by atoms with Gasteiger partial charge in [0.05, 0.1) is 6.04 Å². The first-order valence-electron chi connectivity index (χ1n) is 6.09. The van der Waals surface area contributed by atoms with Crippen LogP contribution in [-0.2, 0) is 0 Å². The van der Waals surface area contributed by atoms with Crippen molar-refractivity contribution in [2.75, 3.05) is 11.9 Å². The predicted octanol–water partition coefficient (Wildman–Crippen LogP) is 3.90. The van der Waals surface area contributed by atoms with Crippen LogP contribution in [-0.4, -0.2) is 6.54 Å². The Morgan fingerprint density at radius 3 is 2.68 bits per heavy atom. The Bertz CT molecular complexity index is 572. The number of rotatable bonds is 4. The van der Waals surface area contributed by atoms with E-state index >= 15 is 0 Å². The summed E-state index contributed by atoms with van der Waals surface area (Å²) in [7, 11) is 0. The number of halogens is 2. The molecule has 2 aromatic carbocycles. The van der Waals surface area contributed by atoms with Crippen LogP contribution in [0.25, 0.3) is 0 Å². The molecule has 4 heteroatoms. The van der Waals surface area contributed by atoms with Gasteiger partial charge in [0.25, 0.3) is 0 Å². The van der Waals surface area contributed by atoms with E-state index in [4.69, 9.17) is 17.3 Å². The second-order valence-corrected chi connectivity index (χ2v) is 4.85. The van der Waals surface area contributed by atoms with Gasteiger partial charge in [-0.25, -0.2) is 4.39 Å². The highest BCUT2D eigenvalue weighted by atomic mass is 35.5. The standard InChI is InChI=1S/C15H16ClFN2/c1-10-4-2-3-5-14(10)19-15(9-18)12-8-11(16)6-7-13(12)17/h2-8,15,19H,9,18H2,1H3. The molecule has 1 unspecified atom stereocenters. The van der Waals surface area contributed by atoms with Crippen LogP contribution in [0.5, 0.6) is 0 Å². The van der Waals surface area contributed by atoms with E-state index in [0.29, 0.717) is 10.6 Å². The van der Waals surface area contributed by atoms with Crippen molar-refractivity contribution in [3.63, 3.8) is 0 Å². The van der Waals surface area contributed by atoms with Gasteiger partial charge in [0.2, 0.25) is 0 Å². The average molecular weight is 279 g/mol. The smallest absolute Gasteiger partial charge is 0.128 e. The molecule has 2 aromatic rings. The Kier molecular flexibility index (Phi) is 4.40. The zero-order valence-corrected chi connectivity index (χ0v) is 11.4. The van der Waals surface area contributed by atoms with Crippen LogP contribution in [0, 0.1) is 12.7 Å². The van der Waals surface area contributed by atoms with E-state index in [1.54, 1.807) is 6.07 Å². The topological polar surface area (TPSA) is 38.0 Å². The van der Waals surface area contributed by atoms with Gasteiger partial charge in [-0.1, -0.05) is 29.8 Å². The summed E-state index contributed by atoms with van der Waals surface area (Å²) in [5, 5.41) is 3.76. The summed E-state index contributed by atoms with van der Waals surface area (Å²) in [6.45, 7) is 2.27. The first-order chi connectivity index (χ1) is 9.11. The molecule has 0 fully saturated rings. The number of aryl methyl sites for hydroxylation is 1. The van der Waals surface area contributed by atoms with Crippen LogP contribution in [0.15, 0.2) is 42.5 Å². The minimum atomic E-state index is -0.306. The van der Waals surface area contributed by atoms with Crippen molar-refractivity contribution in [1.82, 2.24) is 0 Å². The quantitative estimate of drug-likeness (QED) is 0.890. The van der Waals surface area contributed by atoms with E-state index in [0.717, 1.165) is 11.3 Å². The third-order valence-corrected chi connectivity index (χ3v) is 3.28. The van der Waals surface area contributed by atoms with Gasteiger partial charge in [0.15, 0.2) is 0 Å². The number of benzene rings is 2. The summed E-state index contributed by atoms with van der Waals surface area (Å²) in [5.41, 5.74) is 8.26. The van der Waals surface area contributed by atoms with Crippen molar-refractivity contribution in [2.45, 2.75) is 13.0 Å². The largest absolute Gasteiger partial charge is 0.377 e. The fraction of sp³-hybridized carbons (Fsp3) is 0.200. The number of hydrogen-bond donors (Lipinski definition) is 2. The Morgan fingerprint density at radius 2 is 2.00 bits per heavy atom. The molecule has 0 aliphatic heterocycles. The molecule has 0 saturated heterocycles. The lowest BCUT2D eigenvalue weighted by Crippen LogP contribution is -2.22. The SMILES string of the molecule is Cc1ccccc1NC(CN)c1cc(Cl)ccc1F. The Labute approximate surface area is 117 Å². The molecule has 0 aliphatic rings. The second kappa shape index (κ2) is 6.04. The molecule has 0 spiro atoms. The molecule has 2 rings (SSSR count). The minimum absolute atomic E-state index is 0.283. The van der Waals surface area contributed by atoms with Gasteiger partial charge in [-0.05, 0) is 36.8 Å². The maximum atomic E-state index is 13.9. The summed E-state index contributed by atoms with van der Waals surface area (Å²) in [4.78, 5) is 0. The Hall–Kier alpha value is -1.58. The van der Waals surface area contributed by atoms with Crippen molar-refractivity contribution in [3.8, 4) is 0 Å². The maximum absolute atomic E-state index is 13.9. The van der Waals surface area contributed by atoms with Crippen molar-refractivity contribution < 1.29 is 4.39 Å². The van der Waals surface area contributed by atoms with Crippen LogP contribution in [0.2, 0.25) is 5.02 Å². The third kappa shape index (κ3) is 3.25. The van der Waals surface area contributed by atoms with E-state index in [1.807, 2.05) is 31.2 Å². The highest BCUT2D eigenvalue weighted by Crippen LogP contribution is 2.25. The summed E-state index contributed by atoms with van der Waals surface area (Å²) in [6.07, 6.45) is 0. The van der Waals surface area contributed by atoms with E-state index in [-0.39, 0.29) is 18.4 Å². The number of hydrogen-bond acceptors (Lipinski definition) is 2. The molecule has 2 nitrogen and oxygen atoms in total. The fourth-order valence-corrected chi connectivity index (χ4v) is 2.15. The molecule has 0 heterocycles. The average Bonchev–Trinajstić information content (AvgIpc) is 2.41. The first-order valence-corrected chi connectivity index (χ1v) is 6.47. The molecule has 0 aliphatic carbocycles. The lowest BCUT2D eigenvalue weighted by atomic mass is 10.1. The molecular formula is C15H16ClFN2. The molecule has 0 aromatic heterocycles. The number of anilines is 1. The van der Waals surface area contributed by atoms with Gasteiger partial charge < -0.3 is 11.1 Å². The molecule has 19 heavy (non-hydrogen) atoms. The molecule has 100 valence electrons. The van der Waals surface area contributed by atoms with Crippen LogP contribution in [0.3, 0.4) is 0 Å². The van der Waals surface area contributed by atoms with E-state index in [9.17, 15) is 4.39 Å². The summed E-state index contributed by atoms with van der Waals surface area (Å²) in [6, 6.07) is 12.0. The van der Waals surface area contributed by atoms with Crippen LogP contribution < -0.4 is 11.1 Å². The van der Waals surface area contributed by atoms with Crippen LogP contribution in [0.1, 0.15) is 17.2 Å². The molecule has 0 amide bonds. The van der Waals surface area contributed by atoms with Crippen molar-refractivity contribution in [3.05, 3.63) is 64.4 Å². The van der Waals surface area contributed by atoms with Gasteiger partial charge in [-0.15, -0.1) is 0 Å². The molecule has 0 bridgehead atoms. The van der Waals surface area contributed by atoms with Crippen molar-refractivity contribution >= 4 is 17.3 Å². The molecule has 0 saturated carbocycles. The zero-order valence-electron chi connectivity index (χ0n) is 10.7. The summed E-state index contributed by atoms with van der Waals surface area (Å²) < 4.78 is 13.9. The molecular weight excluding hydrogens is 263 g/mol. The van der Waals surface area contributed by atoms with E-state index in [2.05, 4.69) is 5.32 Å². The number of nitrogens with one attached hydrogen (secondary N) is 1. The minimum Gasteiger partial charge on any atom is -0.377 e. The monoisotopic (exact) mass is 278 g/mol. The highest BCUT2D eigenvalue weighted by molar-refractivity contribution is 6.30. The number of para-hydroxylation sites is 1. The van der Waals surface area contributed by atoms with E-state index < -0.39 is 0 Å². The lowest BCUT2D eigenvalue weighted by Gasteiger charge is -2.20. The van der Waals surface area contributed by atoms with Crippen molar-refractivity contribution in [2.24, 2.45) is 5.73 Å². The fourth-order valence-electron chi connectivity index (χ4n) is 1.97. The van der Waals surface area contributed by atoms with Crippen LogP contribution >= 0.6 is 11.6 Å². The third-order valence-electron chi connectivity index (χ3n) is 3.04. The number of nitrogens with two attached hydrogens (primary N) is 1. The molecule has 0 radical (unpaired) electrons. The van der Waals surface area contributed by atoms with Gasteiger partial charge >= 0.3 is 0 Å². The maximum Gasteiger partial charge on any atom is 0.128 e. The van der Waals surface area contributed by atoms with Gasteiger partial charge in [0, 0.05) is 22.8 Å². The predicted molar refractivity (Wildman–Crippen MR) is 78.0 cm³/mol. The van der Waals surface area contributed by atoms with E-state index in [1.165, 1.54) is 12.1 Å². The summed E-state index contributed by atoms with van der Waals surface area (Å²) >= 11 is 5.92. The zero-order chi connectivity index (χ0) is 13.8. The summed E-state index contributed by atoms with van der Waals surface area (Å²) in [5.74, 6) is -0.305. The van der Waals surface area contributed by atoms with Gasteiger partial charge in [0.1, 0.15) is 5.82 Å². The highest BCUT2D eigenvalue weighted by Gasteiger charge is 2.15. The van der Waals surface area contributed by atoms with Gasteiger partial charge in [-0.2, -0.15) is 0 Å². The normalized spacial score (nSPS) is 12.2. The Balaban J connectivity index is 2.30. The lowest BCUT2D eigenvalue weighted by molar-refractivity contribution is 0.593. The molecule has 3 N–H and O–H groups in total. The van der Waals surface area contributed by atoms with Gasteiger partial charge in [-0.3, -0.25) is 0 Å². The van der Waals surface area contributed by atoms with Crippen LogP contribution in [0.4, 0.5) is 10.1 Å². The van der Waals surface area contributed by atoms with Crippen molar-refractivity contribution in [1.29, 1.82) is 0 Å². The second-order valence-electron chi connectivity index (χ2n) is 4.41.